The summed E-state index contributed by atoms with van der Waals surface area (Å²) in [6, 6.07) is 0. The Balaban J connectivity index is 3.58. The van der Waals surface area contributed by atoms with Crippen molar-refractivity contribution in [3.05, 3.63) is 11.6 Å². The molecule has 0 rings (SSSR count). The third-order valence-corrected chi connectivity index (χ3v) is 1.15. The van der Waals surface area contributed by atoms with Crippen LogP contribution in [0.3, 0.4) is 0 Å². The number of carboxylic acid groups (broad SMARTS) is 1. The lowest BCUT2D eigenvalue weighted by Gasteiger charge is -1.91. The molecule has 0 bridgehead atoms. The van der Waals surface area contributed by atoms with Crippen LogP contribution in [0.1, 0.15) is 19.8 Å². The van der Waals surface area contributed by atoms with Crippen LogP contribution < -0.4 is 0 Å². The minimum absolute atomic E-state index is 0.114. The van der Waals surface area contributed by atoms with Crippen molar-refractivity contribution in [1.29, 1.82) is 0 Å². The lowest BCUT2D eigenvalue weighted by molar-refractivity contribution is -0.132. The molecule has 0 aliphatic heterocycles. The average Bonchev–Trinajstić information content (AvgIpc) is 1.88. The number of hydrogen-bond acceptors (Lipinski definition) is 2. The van der Waals surface area contributed by atoms with Crippen LogP contribution in [-0.2, 0) is 4.79 Å². The second-order valence-corrected chi connectivity index (χ2v) is 2.06. The fourth-order valence-electron chi connectivity index (χ4n) is 0.497. The molecule has 2 N–H and O–H groups in total. The van der Waals surface area contributed by atoms with Crippen molar-refractivity contribution in [2.24, 2.45) is 0 Å². The highest BCUT2D eigenvalue weighted by Crippen LogP contribution is 1.97. The Morgan fingerprint density at radius 3 is 2.60 bits per heavy atom. The number of rotatable bonds is 4. The molecule has 0 aromatic heterocycles. The Bertz CT molecular complexity index is 138. The van der Waals surface area contributed by atoms with Gasteiger partial charge < -0.3 is 10.2 Å². The standard InChI is InChI=1S/C7H12O3/c1-6(7(9)10)4-2-3-5-8/h4,8H,2-3,5H2,1H3,(H,9,10)/b6-4+. The predicted octanol–water partition coefficient (Wildman–Crippen LogP) is 0.790. The van der Waals surface area contributed by atoms with Gasteiger partial charge in [-0.05, 0) is 19.8 Å². The van der Waals surface area contributed by atoms with E-state index in [0.29, 0.717) is 18.4 Å². The van der Waals surface area contributed by atoms with Crippen molar-refractivity contribution in [2.45, 2.75) is 19.8 Å². The van der Waals surface area contributed by atoms with Gasteiger partial charge in [-0.2, -0.15) is 0 Å². The zero-order valence-electron chi connectivity index (χ0n) is 6.00. The van der Waals surface area contributed by atoms with E-state index in [-0.39, 0.29) is 6.61 Å². The molecule has 0 aliphatic rings. The Hall–Kier alpha value is -0.830. The van der Waals surface area contributed by atoms with Gasteiger partial charge in [0.15, 0.2) is 0 Å². The fraction of sp³-hybridized carbons (Fsp3) is 0.571. The van der Waals surface area contributed by atoms with E-state index in [4.69, 9.17) is 10.2 Å². The molecule has 3 heteroatoms. The van der Waals surface area contributed by atoms with Gasteiger partial charge in [0.2, 0.25) is 0 Å². The minimum Gasteiger partial charge on any atom is -0.478 e. The molecule has 0 heterocycles. The number of carboxylic acids is 1. The van der Waals surface area contributed by atoms with Crippen LogP contribution in [0.2, 0.25) is 0 Å². The highest BCUT2D eigenvalue weighted by Gasteiger charge is 1.96. The molecule has 10 heavy (non-hydrogen) atoms. The molecular formula is C7H12O3. The monoisotopic (exact) mass is 144 g/mol. The van der Waals surface area contributed by atoms with E-state index in [1.165, 1.54) is 0 Å². The summed E-state index contributed by atoms with van der Waals surface area (Å²) in [5.74, 6) is -0.891. The summed E-state index contributed by atoms with van der Waals surface area (Å²) in [4.78, 5) is 10.2. The SMILES string of the molecule is C/C(=C\CCCO)C(=O)O. The summed E-state index contributed by atoms with van der Waals surface area (Å²) in [5, 5.41) is 16.7. The number of aliphatic hydroxyl groups is 1. The fourth-order valence-corrected chi connectivity index (χ4v) is 0.497. The van der Waals surface area contributed by atoms with Crippen LogP contribution in [0.25, 0.3) is 0 Å². The summed E-state index contributed by atoms with van der Waals surface area (Å²) in [7, 11) is 0. The first-order valence-corrected chi connectivity index (χ1v) is 3.19. The van der Waals surface area contributed by atoms with Crippen LogP contribution >= 0.6 is 0 Å². The Morgan fingerprint density at radius 2 is 2.20 bits per heavy atom. The van der Waals surface area contributed by atoms with E-state index in [2.05, 4.69) is 0 Å². The molecule has 0 aromatic rings. The van der Waals surface area contributed by atoms with Crippen LogP contribution in [0.4, 0.5) is 0 Å². The van der Waals surface area contributed by atoms with Crippen molar-refractivity contribution in [1.82, 2.24) is 0 Å². The van der Waals surface area contributed by atoms with Gasteiger partial charge in [-0.25, -0.2) is 4.79 Å². The molecule has 0 aliphatic carbocycles. The quantitative estimate of drug-likeness (QED) is 0.453. The molecule has 0 fully saturated rings. The van der Waals surface area contributed by atoms with Crippen LogP contribution in [0.5, 0.6) is 0 Å². The number of unbranched alkanes of at least 4 members (excludes halogenated alkanes) is 1. The summed E-state index contributed by atoms with van der Waals surface area (Å²) in [6.07, 6.45) is 2.87. The molecular weight excluding hydrogens is 132 g/mol. The van der Waals surface area contributed by atoms with Crippen molar-refractivity contribution >= 4 is 5.97 Å². The number of aliphatic carboxylic acids is 1. The van der Waals surface area contributed by atoms with E-state index >= 15 is 0 Å². The molecule has 0 atom stereocenters. The molecule has 0 radical (unpaired) electrons. The zero-order chi connectivity index (χ0) is 7.98. The molecule has 3 nitrogen and oxygen atoms in total. The molecule has 0 saturated carbocycles. The summed E-state index contributed by atoms with van der Waals surface area (Å²) >= 11 is 0. The number of allylic oxidation sites excluding steroid dienone is 1. The van der Waals surface area contributed by atoms with Crippen molar-refractivity contribution in [3.63, 3.8) is 0 Å². The summed E-state index contributed by atoms with van der Waals surface area (Å²) < 4.78 is 0. The number of aliphatic hydroxyl groups excluding tert-OH is 1. The lowest BCUT2D eigenvalue weighted by Crippen LogP contribution is -1.95. The molecule has 0 unspecified atom stereocenters. The van der Waals surface area contributed by atoms with E-state index in [1.54, 1.807) is 13.0 Å². The largest absolute Gasteiger partial charge is 0.478 e. The lowest BCUT2D eigenvalue weighted by atomic mass is 10.2. The second kappa shape index (κ2) is 4.99. The Kier molecular flexibility index (Phi) is 4.58. The van der Waals surface area contributed by atoms with Gasteiger partial charge in [0.25, 0.3) is 0 Å². The van der Waals surface area contributed by atoms with Gasteiger partial charge in [-0.3, -0.25) is 0 Å². The Labute approximate surface area is 60.0 Å². The molecule has 0 aromatic carbocycles. The number of hydrogen-bond donors (Lipinski definition) is 2. The van der Waals surface area contributed by atoms with Crippen molar-refractivity contribution in [3.8, 4) is 0 Å². The van der Waals surface area contributed by atoms with Crippen LogP contribution in [0, 0.1) is 0 Å². The first-order valence-electron chi connectivity index (χ1n) is 3.19. The maximum Gasteiger partial charge on any atom is 0.330 e. The third kappa shape index (κ3) is 4.09. The molecule has 0 spiro atoms. The zero-order valence-corrected chi connectivity index (χ0v) is 6.00. The van der Waals surface area contributed by atoms with Gasteiger partial charge in [0.05, 0.1) is 0 Å². The maximum absolute atomic E-state index is 10.2. The first-order chi connectivity index (χ1) is 4.68. The van der Waals surface area contributed by atoms with E-state index in [0.717, 1.165) is 0 Å². The third-order valence-electron chi connectivity index (χ3n) is 1.15. The molecule has 58 valence electrons. The van der Waals surface area contributed by atoms with Gasteiger partial charge in [-0.1, -0.05) is 6.08 Å². The first kappa shape index (κ1) is 9.17. The predicted molar refractivity (Wildman–Crippen MR) is 37.7 cm³/mol. The average molecular weight is 144 g/mol. The van der Waals surface area contributed by atoms with E-state index in [9.17, 15) is 4.79 Å². The van der Waals surface area contributed by atoms with Crippen molar-refractivity contribution in [2.75, 3.05) is 6.61 Å². The van der Waals surface area contributed by atoms with E-state index in [1.807, 2.05) is 0 Å². The van der Waals surface area contributed by atoms with Gasteiger partial charge in [0.1, 0.15) is 0 Å². The van der Waals surface area contributed by atoms with Crippen LogP contribution in [-0.4, -0.2) is 22.8 Å². The number of carbonyl (C=O) groups is 1. The normalized spacial score (nSPS) is 11.6. The van der Waals surface area contributed by atoms with Gasteiger partial charge in [-0.15, -0.1) is 0 Å². The molecule has 0 saturated heterocycles. The maximum atomic E-state index is 10.2. The van der Waals surface area contributed by atoms with Crippen LogP contribution in [0.15, 0.2) is 11.6 Å². The van der Waals surface area contributed by atoms with E-state index < -0.39 is 5.97 Å². The minimum atomic E-state index is -0.891. The van der Waals surface area contributed by atoms with Gasteiger partial charge >= 0.3 is 5.97 Å². The Morgan fingerprint density at radius 1 is 1.60 bits per heavy atom. The topological polar surface area (TPSA) is 57.5 Å². The smallest absolute Gasteiger partial charge is 0.330 e. The van der Waals surface area contributed by atoms with Gasteiger partial charge in [0, 0.05) is 12.2 Å². The summed E-state index contributed by atoms with van der Waals surface area (Å²) in [5.41, 5.74) is 0.341. The molecule has 0 amide bonds. The highest BCUT2D eigenvalue weighted by molar-refractivity contribution is 5.85. The second-order valence-electron chi connectivity index (χ2n) is 2.06. The summed E-state index contributed by atoms with van der Waals surface area (Å²) in [6.45, 7) is 1.66. The van der Waals surface area contributed by atoms with Crippen molar-refractivity contribution < 1.29 is 15.0 Å². The highest BCUT2D eigenvalue weighted by atomic mass is 16.4.